The summed E-state index contributed by atoms with van der Waals surface area (Å²) < 4.78 is 5.96. The molecule has 1 fully saturated rings. The highest BCUT2D eigenvalue weighted by Gasteiger charge is 2.33. The van der Waals surface area contributed by atoms with Crippen molar-refractivity contribution >= 4 is 17.8 Å². The fourth-order valence-corrected chi connectivity index (χ4v) is 3.59. The average molecular weight is 370 g/mol. The van der Waals surface area contributed by atoms with Crippen LogP contribution < -0.4 is 5.32 Å². The van der Waals surface area contributed by atoms with E-state index in [0.29, 0.717) is 17.8 Å². The maximum atomic E-state index is 12.6. The van der Waals surface area contributed by atoms with E-state index >= 15 is 0 Å². The van der Waals surface area contributed by atoms with Crippen molar-refractivity contribution in [1.82, 2.24) is 10.2 Å². The van der Waals surface area contributed by atoms with Gasteiger partial charge in [0.05, 0.1) is 6.10 Å². The molecular weight excluding hydrogens is 336 g/mol. The number of hydrogen-bond donors (Lipinski definition) is 2. The molecule has 0 aromatic rings. The van der Waals surface area contributed by atoms with E-state index in [1.807, 2.05) is 0 Å². The molecule has 4 unspecified atom stereocenters. The van der Waals surface area contributed by atoms with Crippen molar-refractivity contribution in [3.8, 4) is 0 Å². The second kappa shape index (κ2) is 10.5. The zero-order valence-corrected chi connectivity index (χ0v) is 16.7. The minimum atomic E-state index is -1.08. The van der Waals surface area contributed by atoms with Gasteiger partial charge in [0.2, 0.25) is 11.8 Å². The molecule has 0 aliphatic heterocycles. The number of carbonyl (C=O) groups excluding carboxylic acids is 2. The first-order chi connectivity index (χ1) is 12.1. The molecule has 2 N–H and O–H groups in total. The normalized spacial score (nSPS) is 24.2. The third kappa shape index (κ3) is 6.94. The Morgan fingerprint density at radius 3 is 2.42 bits per heavy atom. The van der Waals surface area contributed by atoms with Crippen molar-refractivity contribution in [1.29, 1.82) is 0 Å². The molecule has 0 saturated heterocycles. The summed E-state index contributed by atoms with van der Waals surface area (Å²) >= 11 is 0. The number of rotatable bonds is 9. The number of nitrogens with one attached hydrogen (secondary N) is 1. The fourth-order valence-electron chi connectivity index (χ4n) is 3.59. The summed E-state index contributed by atoms with van der Waals surface area (Å²) in [5.41, 5.74) is 0. The van der Waals surface area contributed by atoms with Gasteiger partial charge in [-0.3, -0.25) is 9.59 Å². The molecule has 150 valence electrons. The standard InChI is InChI=1S/C19H34N2O5/c1-12(2)16-7-6-13(3)10-17(16)26-11-18(23)21(14(4)19(24)25)9-8-20-15(5)22/h12-14,16-17H,6-11H2,1-5H3,(H,20,22)(H,24,25). The lowest BCUT2D eigenvalue weighted by Gasteiger charge is -2.37. The second-order valence-corrected chi connectivity index (χ2v) is 7.76. The summed E-state index contributed by atoms with van der Waals surface area (Å²) in [7, 11) is 0. The Kier molecular flexibility index (Phi) is 9.05. The van der Waals surface area contributed by atoms with E-state index in [1.165, 1.54) is 25.2 Å². The largest absolute Gasteiger partial charge is 0.480 e. The molecule has 7 nitrogen and oxygen atoms in total. The number of nitrogens with zero attached hydrogens (tertiary/aromatic N) is 1. The maximum Gasteiger partial charge on any atom is 0.326 e. The Balaban J connectivity index is 2.68. The predicted molar refractivity (Wildman–Crippen MR) is 98.6 cm³/mol. The Bertz CT molecular complexity index is 494. The van der Waals surface area contributed by atoms with E-state index in [9.17, 15) is 19.5 Å². The van der Waals surface area contributed by atoms with Crippen molar-refractivity contribution in [3.63, 3.8) is 0 Å². The second-order valence-electron chi connectivity index (χ2n) is 7.76. The van der Waals surface area contributed by atoms with Crippen LogP contribution in [0, 0.1) is 17.8 Å². The van der Waals surface area contributed by atoms with Gasteiger partial charge in [0.15, 0.2) is 0 Å². The van der Waals surface area contributed by atoms with Crippen LogP contribution in [0.2, 0.25) is 0 Å². The van der Waals surface area contributed by atoms with Crippen LogP contribution in [0.3, 0.4) is 0 Å². The molecule has 0 aromatic carbocycles. The first kappa shape index (κ1) is 22.4. The first-order valence-corrected chi connectivity index (χ1v) is 9.51. The molecule has 1 aliphatic carbocycles. The molecule has 0 bridgehead atoms. The van der Waals surface area contributed by atoms with Gasteiger partial charge in [0, 0.05) is 20.0 Å². The Labute approximate surface area is 156 Å². The summed E-state index contributed by atoms with van der Waals surface area (Å²) in [6.45, 7) is 9.62. The molecule has 0 radical (unpaired) electrons. The number of hydrogen-bond acceptors (Lipinski definition) is 4. The van der Waals surface area contributed by atoms with Crippen LogP contribution in [-0.2, 0) is 19.1 Å². The quantitative estimate of drug-likeness (QED) is 0.646. The Morgan fingerprint density at radius 1 is 1.23 bits per heavy atom. The summed E-state index contributed by atoms with van der Waals surface area (Å²) in [6, 6.07) is -0.967. The van der Waals surface area contributed by atoms with Crippen LogP contribution in [0.1, 0.15) is 53.9 Å². The van der Waals surface area contributed by atoms with Gasteiger partial charge in [-0.15, -0.1) is 0 Å². The molecular formula is C19H34N2O5. The van der Waals surface area contributed by atoms with Crippen molar-refractivity contribution in [2.75, 3.05) is 19.7 Å². The Morgan fingerprint density at radius 2 is 1.88 bits per heavy atom. The third-order valence-electron chi connectivity index (χ3n) is 5.25. The van der Waals surface area contributed by atoms with Crippen molar-refractivity contribution in [2.45, 2.75) is 66.0 Å². The number of carbonyl (C=O) groups is 3. The van der Waals surface area contributed by atoms with Gasteiger partial charge in [-0.2, -0.15) is 0 Å². The van der Waals surface area contributed by atoms with Gasteiger partial charge in [-0.05, 0) is 37.5 Å². The van der Waals surface area contributed by atoms with Crippen LogP contribution in [0.4, 0.5) is 0 Å². The number of carboxylic acids is 1. The highest BCUT2D eigenvalue weighted by Crippen LogP contribution is 2.35. The smallest absolute Gasteiger partial charge is 0.326 e. The molecule has 4 atom stereocenters. The van der Waals surface area contributed by atoms with Gasteiger partial charge in [0.25, 0.3) is 0 Å². The molecule has 1 rings (SSSR count). The van der Waals surface area contributed by atoms with E-state index < -0.39 is 12.0 Å². The van der Waals surface area contributed by atoms with E-state index in [1.54, 1.807) is 0 Å². The topological polar surface area (TPSA) is 95.9 Å². The molecule has 2 amide bonds. The van der Waals surface area contributed by atoms with E-state index in [-0.39, 0.29) is 37.6 Å². The SMILES string of the molecule is CC(=O)NCCN(C(=O)COC1CC(C)CCC1C(C)C)C(C)C(=O)O. The van der Waals surface area contributed by atoms with Crippen LogP contribution in [0.25, 0.3) is 0 Å². The lowest BCUT2D eigenvalue weighted by molar-refractivity contribution is -0.153. The van der Waals surface area contributed by atoms with Gasteiger partial charge in [-0.1, -0.05) is 27.2 Å². The van der Waals surface area contributed by atoms with Gasteiger partial charge in [-0.25, -0.2) is 4.79 Å². The van der Waals surface area contributed by atoms with Gasteiger partial charge >= 0.3 is 5.97 Å². The molecule has 26 heavy (non-hydrogen) atoms. The summed E-state index contributed by atoms with van der Waals surface area (Å²) in [4.78, 5) is 36.2. The van der Waals surface area contributed by atoms with E-state index in [2.05, 4.69) is 26.1 Å². The highest BCUT2D eigenvalue weighted by molar-refractivity contribution is 5.84. The average Bonchev–Trinajstić information content (AvgIpc) is 2.55. The zero-order chi connectivity index (χ0) is 19.9. The van der Waals surface area contributed by atoms with Crippen LogP contribution in [-0.4, -0.2) is 59.6 Å². The number of aliphatic carboxylic acids is 1. The minimum absolute atomic E-state index is 0.0278. The lowest BCUT2D eigenvalue weighted by atomic mass is 9.75. The minimum Gasteiger partial charge on any atom is -0.480 e. The van der Waals surface area contributed by atoms with Gasteiger partial charge < -0.3 is 20.1 Å². The molecule has 1 aliphatic rings. The van der Waals surface area contributed by atoms with Crippen LogP contribution in [0.5, 0.6) is 0 Å². The van der Waals surface area contributed by atoms with Gasteiger partial charge in [0.1, 0.15) is 12.6 Å². The van der Waals surface area contributed by atoms with Crippen LogP contribution in [0.15, 0.2) is 0 Å². The highest BCUT2D eigenvalue weighted by atomic mass is 16.5. The monoisotopic (exact) mass is 370 g/mol. The fraction of sp³-hybridized carbons (Fsp3) is 0.842. The van der Waals surface area contributed by atoms with Crippen molar-refractivity contribution in [2.24, 2.45) is 17.8 Å². The summed E-state index contributed by atoms with van der Waals surface area (Å²) in [5.74, 6) is -0.176. The van der Waals surface area contributed by atoms with Crippen molar-refractivity contribution < 1.29 is 24.2 Å². The number of amides is 2. The van der Waals surface area contributed by atoms with Crippen LogP contribution >= 0.6 is 0 Å². The number of ether oxygens (including phenoxy) is 1. The zero-order valence-electron chi connectivity index (χ0n) is 16.7. The summed E-state index contributed by atoms with van der Waals surface area (Å²) in [5, 5.41) is 11.8. The van der Waals surface area contributed by atoms with Crippen molar-refractivity contribution in [3.05, 3.63) is 0 Å². The molecule has 0 heterocycles. The molecule has 1 saturated carbocycles. The molecule has 0 aromatic heterocycles. The molecule has 0 spiro atoms. The van der Waals surface area contributed by atoms with E-state index in [4.69, 9.17) is 4.74 Å². The summed E-state index contributed by atoms with van der Waals surface area (Å²) in [6.07, 6.45) is 3.22. The van der Waals surface area contributed by atoms with E-state index in [0.717, 1.165) is 12.8 Å². The third-order valence-corrected chi connectivity index (χ3v) is 5.25. The lowest BCUT2D eigenvalue weighted by Crippen LogP contribution is -2.48. The predicted octanol–water partition coefficient (Wildman–Crippen LogP) is 1.90. The maximum absolute atomic E-state index is 12.6. The number of carboxylic acid groups (broad SMARTS) is 1. The molecule has 7 heteroatoms. The Hall–Kier alpha value is -1.63. The first-order valence-electron chi connectivity index (χ1n) is 9.51.